The number of nitrogens with zero attached hydrogens (tertiary/aromatic N) is 2. The molecule has 0 aromatic rings. The van der Waals surface area contributed by atoms with Crippen molar-refractivity contribution in [3.8, 4) is 0 Å². The summed E-state index contributed by atoms with van der Waals surface area (Å²) < 4.78 is 2.23. The van der Waals surface area contributed by atoms with Crippen LogP contribution in [0.25, 0.3) is 0 Å². The highest BCUT2D eigenvalue weighted by molar-refractivity contribution is 8.89. The summed E-state index contributed by atoms with van der Waals surface area (Å²) in [6.07, 6.45) is 21.7. The van der Waals surface area contributed by atoms with E-state index in [1.165, 1.54) is 103 Å². The lowest BCUT2D eigenvalue weighted by Gasteiger charge is -2.38. The first-order valence-corrected chi connectivity index (χ1v) is 14.7. The Morgan fingerprint density at radius 1 is 0.464 bits per heavy atom. The Bertz CT molecular complexity index is 451. The number of rotatable bonds is 4. The zero-order valence-electron chi connectivity index (χ0n) is 17.2. The molecule has 0 heterocycles. The Kier molecular flexibility index (Phi) is 8.28. The standard InChI is InChI=1S/C22H36N2S4/c25-21(23(17-9-1-2-10-17)18-11-3-4-12-18)27-28-22(26)24(19-13-5-6-14-19)20-15-7-8-16-20/h17-20H,1-16H2. The average molecular weight is 457 g/mol. The van der Waals surface area contributed by atoms with Crippen LogP contribution in [0.4, 0.5) is 0 Å². The van der Waals surface area contributed by atoms with Gasteiger partial charge >= 0.3 is 0 Å². The van der Waals surface area contributed by atoms with Gasteiger partial charge in [-0.05, 0) is 73.0 Å². The van der Waals surface area contributed by atoms with Crippen molar-refractivity contribution in [2.24, 2.45) is 0 Å². The van der Waals surface area contributed by atoms with Crippen LogP contribution in [0.2, 0.25) is 0 Å². The van der Waals surface area contributed by atoms with Crippen LogP contribution in [-0.4, -0.2) is 42.6 Å². The van der Waals surface area contributed by atoms with Crippen molar-refractivity contribution >= 4 is 54.7 Å². The van der Waals surface area contributed by atoms with E-state index in [0.717, 1.165) is 8.64 Å². The molecule has 4 aliphatic rings. The summed E-state index contributed by atoms with van der Waals surface area (Å²) in [5.41, 5.74) is 0. The maximum absolute atomic E-state index is 6.01. The van der Waals surface area contributed by atoms with Crippen molar-refractivity contribution in [1.29, 1.82) is 0 Å². The van der Waals surface area contributed by atoms with Crippen molar-refractivity contribution in [2.45, 2.75) is 127 Å². The van der Waals surface area contributed by atoms with Crippen LogP contribution in [0.15, 0.2) is 0 Å². The molecule has 0 atom stereocenters. The van der Waals surface area contributed by atoms with Gasteiger partial charge in [0.25, 0.3) is 0 Å². The summed E-state index contributed by atoms with van der Waals surface area (Å²) >= 11 is 12.0. The van der Waals surface area contributed by atoms with Crippen molar-refractivity contribution in [1.82, 2.24) is 9.80 Å². The van der Waals surface area contributed by atoms with Gasteiger partial charge in [0.1, 0.15) is 8.64 Å². The molecule has 0 aromatic carbocycles. The Morgan fingerprint density at radius 3 is 0.893 bits per heavy atom. The zero-order valence-corrected chi connectivity index (χ0v) is 20.4. The molecule has 0 unspecified atom stereocenters. The van der Waals surface area contributed by atoms with E-state index >= 15 is 0 Å². The Labute approximate surface area is 190 Å². The quantitative estimate of drug-likeness (QED) is 0.321. The smallest absolute Gasteiger partial charge is 0.147 e. The zero-order chi connectivity index (χ0) is 19.3. The van der Waals surface area contributed by atoms with E-state index in [2.05, 4.69) is 9.80 Å². The minimum absolute atomic E-state index is 0.693. The lowest BCUT2D eigenvalue weighted by Crippen LogP contribution is -2.44. The highest BCUT2D eigenvalue weighted by Gasteiger charge is 2.35. The molecule has 0 bridgehead atoms. The van der Waals surface area contributed by atoms with Crippen LogP contribution in [0.1, 0.15) is 103 Å². The highest BCUT2D eigenvalue weighted by atomic mass is 33.1. The van der Waals surface area contributed by atoms with Gasteiger partial charge in [0, 0.05) is 24.2 Å². The van der Waals surface area contributed by atoms with Crippen LogP contribution in [0, 0.1) is 0 Å². The maximum Gasteiger partial charge on any atom is 0.147 e. The van der Waals surface area contributed by atoms with E-state index in [1.54, 1.807) is 21.6 Å². The third-order valence-corrected chi connectivity index (χ3v) is 11.0. The minimum atomic E-state index is 0.693. The minimum Gasteiger partial charge on any atom is -0.351 e. The maximum atomic E-state index is 6.01. The normalized spacial score (nSPS) is 25.0. The summed E-state index contributed by atoms with van der Waals surface area (Å²) in [4.78, 5) is 5.32. The number of thiocarbonyl (C=S) groups is 2. The SMILES string of the molecule is S=C(SSC(=S)N(C1CCCC1)C1CCCC1)N(C1CCCC1)C1CCCC1. The Balaban J connectivity index is 1.37. The molecular formula is C22H36N2S4. The summed E-state index contributed by atoms with van der Waals surface area (Å²) in [7, 11) is 3.61. The molecule has 0 radical (unpaired) electrons. The van der Waals surface area contributed by atoms with Crippen LogP contribution < -0.4 is 0 Å². The molecule has 158 valence electrons. The predicted octanol–water partition coefficient (Wildman–Crippen LogP) is 7.31. The molecule has 28 heavy (non-hydrogen) atoms. The molecule has 4 rings (SSSR count). The van der Waals surface area contributed by atoms with E-state index in [-0.39, 0.29) is 0 Å². The van der Waals surface area contributed by atoms with Crippen LogP contribution in [-0.2, 0) is 0 Å². The second-order valence-electron chi connectivity index (χ2n) is 9.27. The summed E-state index contributed by atoms with van der Waals surface area (Å²) in [6, 6.07) is 2.77. The second kappa shape index (κ2) is 10.7. The first-order valence-electron chi connectivity index (χ1n) is 11.7. The summed E-state index contributed by atoms with van der Waals surface area (Å²) in [6.45, 7) is 0. The molecule has 6 heteroatoms. The van der Waals surface area contributed by atoms with Gasteiger partial charge in [0.2, 0.25) is 0 Å². The third-order valence-electron chi connectivity index (χ3n) is 7.48. The molecular weight excluding hydrogens is 421 g/mol. The van der Waals surface area contributed by atoms with E-state index < -0.39 is 0 Å². The summed E-state index contributed by atoms with van der Waals surface area (Å²) in [5, 5.41) is 0. The molecule has 4 aliphatic carbocycles. The molecule has 4 fully saturated rings. The fraction of sp³-hybridized carbons (Fsp3) is 0.909. The predicted molar refractivity (Wildman–Crippen MR) is 133 cm³/mol. The monoisotopic (exact) mass is 456 g/mol. The first kappa shape index (κ1) is 21.7. The highest BCUT2D eigenvalue weighted by Crippen LogP contribution is 2.40. The number of hydrogen-bond acceptors (Lipinski definition) is 4. The van der Waals surface area contributed by atoms with Gasteiger partial charge in [0.05, 0.1) is 0 Å². The Morgan fingerprint density at radius 2 is 0.679 bits per heavy atom. The van der Waals surface area contributed by atoms with Crippen molar-refractivity contribution in [3.63, 3.8) is 0 Å². The molecule has 4 saturated carbocycles. The number of hydrogen-bond donors (Lipinski definition) is 0. The largest absolute Gasteiger partial charge is 0.351 e. The summed E-state index contributed by atoms with van der Waals surface area (Å²) in [5.74, 6) is 0. The van der Waals surface area contributed by atoms with Gasteiger partial charge < -0.3 is 9.80 Å². The third kappa shape index (κ3) is 5.20. The molecule has 0 N–H and O–H groups in total. The molecule has 0 aliphatic heterocycles. The average Bonchev–Trinajstić information content (AvgIpc) is 3.50. The van der Waals surface area contributed by atoms with E-state index in [9.17, 15) is 0 Å². The van der Waals surface area contributed by atoms with E-state index in [1.807, 2.05) is 0 Å². The lowest BCUT2D eigenvalue weighted by molar-refractivity contribution is 0.248. The van der Waals surface area contributed by atoms with E-state index in [4.69, 9.17) is 24.4 Å². The fourth-order valence-corrected chi connectivity index (χ4v) is 9.14. The van der Waals surface area contributed by atoms with E-state index in [0.29, 0.717) is 24.2 Å². The van der Waals surface area contributed by atoms with Crippen LogP contribution in [0.3, 0.4) is 0 Å². The van der Waals surface area contributed by atoms with Crippen LogP contribution in [0.5, 0.6) is 0 Å². The van der Waals surface area contributed by atoms with Gasteiger partial charge in [-0.15, -0.1) is 0 Å². The Hall–Kier alpha value is 0.480. The van der Waals surface area contributed by atoms with Gasteiger partial charge in [-0.2, -0.15) is 0 Å². The molecule has 0 spiro atoms. The van der Waals surface area contributed by atoms with Crippen molar-refractivity contribution in [2.75, 3.05) is 0 Å². The second-order valence-corrected chi connectivity index (χ2v) is 12.7. The molecule has 0 saturated heterocycles. The van der Waals surface area contributed by atoms with Crippen molar-refractivity contribution in [3.05, 3.63) is 0 Å². The molecule has 0 amide bonds. The van der Waals surface area contributed by atoms with Gasteiger partial charge in [-0.3, -0.25) is 0 Å². The van der Waals surface area contributed by atoms with Gasteiger partial charge in [-0.25, -0.2) is 0 Å². The van der Waals surface area contributed by atoms with Gasteiger partial charge in [-0.1, -0.05) is 75.8 Å². The fourth-order valence-electron chi connectivity index (χ4n) is 6.08. The molecule has 0 aromatic heterocycles. The first-order chi connectivity index (χ1) is 13.7. The van der Waals surface area contributed by atoms with Gasteiger partial charge in [0.15, 0.2) is 0 Å². The van der Waals surface area contributed by atoms with Crippen molar-refractivity contribution < 1.29 is 0 Å². The van der Waals surface area contributed by atoms with Crippen LogP contribution >= 0.6 is 46.0 Å². The topological polar surface area (TPSA) is 6.48 Å². The molecule has 2 nitrogen and oxygen atoms in total. The lowest BCUT2D eigenvalue weighted by atomic mass is 10.1.